The number of ether oxygens (including phenoxy) is 2. The molecule has 0 aromatic heterocycles. The van der Waals surface area contributed by atoms with Crippen LogP contribution in [0.25, 0.3) is 0 Å². The molecule has 22 heavy (non-hydrogen) atoms. The summed E-state index contributed by atoms with van der Waals surface area (Å²) in [5.74, 6) is 0.900. The maximum absolute atomic E-state index is 11.7. The maximum Gasteiger partial charge on any atom is 0.220 e. The van der Waals surface area contributed by atoms with Gasteiger partial charge in [0.05, 0.1) is 17.2 Å². The van der Waals surface area contributed by atoms with Crippen molar-refractivity contribution < 1.29 is 14.3 Å². The molecule has 1 aliphatic heterocycles. The van der Waals surface area contributed by atoms with Crippen LogP contribution >= 0.6 is 15.9 Å². The summed E-state index contributed by atoms with van der Waals surface area (Å²) in [6.45, 7) is 4.11. The number of aryl methyl sites for hydroxylation is 1. The van der Waals surface area contributed by atoms with Gasteiger partial charge in [-0.05, 0) is 59.3 Å². The third-order valence-electron chi connectivity index (χ3n) is 3.76. The third kappa shape index (κ3) is 5.61. The van der Waals surface area contributed by atoms with Gasteiger partial charge in [0.2, 0.25) is 5.91 Å². The molecular formula is C17H24BrNO3. The topological polar surface area (TPSA) is 47.6 Å². The van der Waals surface area contributed by atoms with E-state index in [0.29, 0.717) is 26.0 Å². The summed E-state index contributed by atoms with van der Waals surface area (Å²) in [6, 6.07) is 6.11. The zero-order valence-corrected chi connectivity index (χ0v) is 14.7. The van der Waals surface area contributed by atoms with Crippen LogP contribution < -0.4 is 10.1 Å². The van der Waals surface area contributed by atoms with Crippen LogP contribution in [0.1, 0.15) is 38.2 Å². The van der Waals surface area contributed by atoms with Crippen LogP contribution in [0.5, 0.6) is 5.75 Å². The van der Waals surface area contributed by atoms with E-state index in [1.807, 2.05) is 6.07 Å². The summed E-state index contributed by atoms with van der Waals surface area (Å²) in [5, 5.41) is 2.92. The summed E-state index contributed by atoms with van der Waals surface area (Å²) in [6.07, 6.45) is 4.54. The van der Waals surface area contributed by atoms with Crippen molar-refractivity contribution >= 4 is 21.8 Å². The van der Waals surface area contributed by atoms with Crippen molar-refractivity contribution in [1.29, 1.82) is 0 Å². The van der Waals surface area contributed by atoms with E-state index in [1.54, 1.807) is 0 Å². The van der Waals surface area contributed by atoms with Crippen LogP contribution in [0.15, 0.2) is 22.7 Å². The lowest BCUT2D eigenvalue weighted by atomic mass is 10.2. The molecule has 1 fully saturated rings. The minimum atomic E-state index is 0.0690. The van der Waals surface area contributed by atoms with Gasteiger partial charge in [0.1, 0.15) is 5.75 Å². The maximum atomic E-state index is 11.7. The van der Waals surface area contributed by atoms with Crippen LogP contribution in [0, 0.1) is 0 Å². The van der Waals surface area contributed by atoms with E-state index in [1.165, 1.54) is 5.56 Å². The summed E-state index contributed by atoms with van der Waals surface area (Å²) in [5.41, 5.74) is 1.27. The predicted molar refractivity (Wildman–Crippen MR) is 90.2 cm³/mol. The Bertz CT molecular complexity index is 487. The Labute approximate surface area is 140 Å². The number of carbonyl (C=O) groups is 1. The molecule has 0 radical (unpaired) electrons. The minimum Gasteiger partial charge on any atom is -0.492 e. The van der Waals surface area contributed by atoms with E-state index in [9.17, 15) is 4.79 Å². The summed E-state index contributed by atoms with van der Waals surface area (Å²) >= 11 is 3.51. The molecule has 1 N–H and O–H groups in total. The highest BCUT2D eigenvalue weighted by Crippen LogP contribution is 2.26. The highest BCUT2D eigenvalue weighted by Gasteiger charge is 2.15. The second-order valence-corrected chi connectivity index (χ2v) is 6.36. The molecule has 1 amide bonds. The molecule has 1 atom stereocenters. The molecule has 2 rings (SSSR count). The first kappa shape index (κ1) is 17.3. The Morgan fingerprint density at radius 2 is 2.36 bits per heavy atom. The van der Waals surface area contributed by atoms with Crippen molar-refractivity contribution in [2.24, 2.45) is 0 Å². The Morgan fingerprint density at radius 1 is 1.50 bits per heavy atom. The first-order valence-corrected chi connectivity index (χ1v) is 8.78. The normalized spacial score (nSPS) is 17.5. The monoisotopic (exact) mass is 369 g/mol. The van der Waals surface area contributed by atoms with E-state index in [-0.39, 0.29) is 12.0 Å². The van der Waals surface area contributed by atoms with Crippen molar-refractivity contribution in [3.8, 4) is 5.75 Å². The van der Waals surface area contributed by atoms with Gasteiger partial charge >= 0.3 is 0 Å². The second kappa shape index (κ2) is 9.16. The van der Waals surface area contributed by atoms with E-state index in [0.717, 1.165) is 36.1 Å². The Balaban J connectivity index is 1.61. The highest BCUT2D eigenvalue weighted by molar-refractivity contribution is 9.10. The van der Waals surface area contributed by atoms with Crippen LogP contribution in [-0.2, 0) is 16.0 Å². The molecule has 0 aliphatic carbocycles. The lowest BCUT2D eigenvalue weighted by Gasteiger charge is -2.11. The number of nitrogens with one attached hydrogen (secondary N) is 1. The number of carbonyl (C=O) groups excluding carboxylic acids is 1. The molecule has 1 aromatic rings. The molecule has 122 valence electrons. The summed E-state index contributed by atoms with van der Waals surface area (Å²) in [4.78, 5) is 11.7. The van der Waals surface area contributed by atoms with Gasteiger partial charge in [0, 0.05) is 19.6 Å². The van der Waals surface area contributed by atoms with E-state index in [2.05, 4.69) is 40.3 Å². The largest absolute Gasteiger partial charge is 0.492 e. The second-order valence-electron chi connectivity index (χ2n) is 5.51. The average Bonchev–Trinajstić information content (AvgIpc) is 3.04. The number of amides is 1. The molecule has 1 heterocycles. The van der Waals surface area contributed by atoms with Crippen LogP contribution in [-0.4, -0.2) is 31.8 Å². The Morgan fingerprint density at radius 3 is 3.05 bits per heavy atom. The molecular weight excluding hydrogens is 346 g/mol. The smallest absolute Gasteiger partial charge is 0.220 e. The van der Waals surface area contributed by atoms with E-state index < -0.39 is 0 Å². The van der Waals surface area contributed by atoms with Gasteiger partial charge < -0.3 is 14.8 Å². The fraction of sp³-hybridized carbons (Fsp3) is 0.588. The zero-order chi connectivity index (χ0) is 15.8. The van der Waals surface area contributed by atoms with Crippen LogP contribution in [0.2, 0.25) is 0 Å². The molecule has 1 unspecified atom stereocenters. The van der Waals surface area contributed by atoms with Gasteiger partial charge in [0.25, 0.3) is 0 Å². The molecule has 5 heteroatoms. The fourth-order valence-corrected chi connectivity index (χ4v) is 2.96. The van der Waals surface area contributed by atoms with Crippen LogP contribution in [0.3, 0.4) is 0 Å². The quantitative estimate of drug-likeness (QED) is 0.713. The van der Waals surface area contributed by atoms with Crippen molar-refractivity contribution in [2.75, 3.05) is 19.8 Å². The van der Waals surface area contributed by atoms with Gasteiger partial charge in [0.15, 0.2) is 0 Å². The third-order valence-corrected chi connectivity index (χ3v) is 4.38. The fourth-order valence-electron chi connectivity index (χ4n) is 2.42. The Hall–Kier alpha value is -1.07. The minimum absolute atomic E-state index is 0.0690. The lowest BCUT2D eigenvalue weighted by molar-refractivity contribution is -0.121. The standard InChI is InChI=1S/C17H24BrNO3/c1-2-13-7-8-16(15(18)11-13)22-10-4-6-17(20)19-12-14-5-3-9-21-14/h7-8,11,14H,2-6,9-10,12H2,1H3,(H,19,20). The molecule has 0 saturated carbocycles. The Kier molecular flexibility index (Phi) is 7.19. The van der Waals surface area contributed by atoms with Gasteiger partial charge in [-0.1, -0.05) is 13.0 Å². The van der Waals surface area contributed by atoms with Gasteiger partial charge in [-0.15, -0.1) is 0 Å². The van der Waals surface area contributed by atoms with Crippen molar-refractivity contribution in [3.63, 3.8) is 0 Å². The molecule has 0 bridgehead atoms. The summed E-state index contributed by atoms with van der Waals surface area (Å²) < 4.78 is 12.2. The first-order chi connectivity index (χ1) is 10.7. The lowest BCUT2D eigenvalue weighted by Crippen LogP contribution is -2.31. The number of halogens is 1. The SMILES string of the molecule is CCc1ccc(OCCCC(=O)NCC2CCCO2)c(Br)c1. The molecule has 4 nitrogen and oxygen atoms in total. The van der Waals surface area contributed by atoms with Gasteiger partial charge in [-0.2, -0.15) is 0 Å². The molecule has 0 spiro atoms. The molecule has 1 aliphatic rings. The van der Waals surface area contributed by atoms with Crippen LogP contribution in [0.4, 0.5) is 0 Å². The molecule has 1 aromatic carbocycles. The predicted octanol–water partition coefficient (Wildman–Crippen LogP) is 3.47. The number of hydrogen-bond acceptors (Lipinski definition) is 3. The highest BCUT2D eigenvalue weighted by atomic mass is 79.9. The number of rotatable bonds is 8. The first-order valence-electron chi connectivity index (χ1n) is 7.98. The number of hydrogen-bond donors (Lipinski definition) is 1. The van der Waals surface area contributed by atoms with Gasteiger partial charge in [-0.3, -0.25) is 4.79 Å². The van der Waals surface area contributed by atoms with Crippen molar-refractivity contribution in [1.82, 2.24) is 5.32 Å². The zero-order valence-electron chi connectivity index (χ0n) is 13.1. The van der Waals surface area contributed by atoms with Crippen molar-refractivity contribution in [2.45, 2.75) is 45.1 Å². The molecule has 1 saturated heterocycles. The van der Waals surface area contributed by atoms with E-state index in [4.69, 9.17) is 9.47 Å². The number of benzene rings is 1. The summed E-state index contributed by atoms with van der Waals surface area (Å²) in [7, 11) is 0. The van der Waals surface area contributed by atoms with E-state index >= 15 is 0 Å². The average molecular weight is 370 g/mol. The van der Waals surface area contributed by atoms with Gasteiger partial charge in [-0.25, -0.2) is 0 Å². The van der Waals surface area contributed by atoms with Crippen molar-refractivity contribution in [3.05, 3.63) is 28.2 Å².